The van der Waals surface area contributed by atoms with E-state index in [1.165, 1.54) is 6.20 Å². The molecule has 2 heterocycles. The van der Waals surface area contributed by atoms with Crippen LogP contribution in [0.25, 0.3) is 5.82 Å². The second-order valence-corrected chi connectivity index (χ2v) is 3.33. The van der Waals surface area contributed by atoms with Crippen LogP contribution in [0.1, 0.15) is 16.1 Å². The number of aldehydes is 1. The molecule has 2 rings (SSSR count). The molecule has 0 fully saturated rings. The predicted octanol–water partition coefficient (Wildman–Crippen LogP) is 1.40. The molecule has 0 aliphatic carbocycles. The number of ether oxygens (including phenoxy) is 1. The number of imidazole rings is 1. The fourth-order valence-corrected chi connectivity index (χ4v) is 1.40. The van der Waals surface area contributed by atoms with Crippen molar-refractivity contribution in [3.05, 3.63) is 36.0 Å². The lowest BCUT2D eigenvalue weighted by atomic mass is 10.3. The molecule has 0 N–H and O–H groups in total. The van der Waals surface area contributed by atoms with Crippen LogP contribution in [0.5, 0.6) is 5.75 Å². The van der Waals surface area contributed by atoms with E-state index in [-0.39, 0.29) is 0 Å². The molecular weight excluding hydrogens is 206 g/mol. The molecule has 2 aromatic heterocycles. The first-order valence-corrected chi connectivity index (χ1v) is 4.75. The molecule has 16 heavy (non-hydrogen) atoms. The molecule has 0 aromatic carbocycles. The summed E-state index contributed by atoms with van der Waals surface area (Å²) < 4.78 is 6.93. The SMILES string of the molecule is COc1cc(C=O)cnc1-n1cnc(C)c1. The van der Waals surface area contributed by atoms with E-state index in [2.05, 4.69) is 9.97 Å². The Labute approximate surface area is 92.7 Å². The van der Waals surface area contributed by atoms with Crippen molar-refractivity contribution in [1.82, 2.24) is 14.5 Å². The predicted molar refractivity (Wildman–Crippen MR) is 58.0 cm³/mol. The summed E-state index contributed by atoms with van der Waals surface area (Å²) in [5.74, 6) is 1.16. The Hall–Kier alpha value is -2.17. The van der Waals surface area contributed by atoms with Crippen molar-refractivity contribution in [3.8, 4) is 11.6 Å². The van der Waals surface area contributed by atoms with Gasteiger partial charge in [0.1, 0.15) is 6.33 Å². The van der Waals surface area contributed by atoms with Crippen LogP contribution < -0.4 is 4.74 Å². The number of aryl methyl sites for hydroxylation is 1. The van der Waals surface area contributed by atoms with Gasteiger partial charge in [0.25, 0.3) is 0 Å². The molecule has 0 unspecified atom stereocenters. The van der Waals surface area contributed by atoms with Crippen LogP contribution in [0.4, 0.5) is 0 Å². The van der Waals surface area contributed by atoms with E-state index in [0.29, 0.717) is 17.1 Å². The highest BCUT2D eigenvalue weighted by atomic mass is 16.5. The van der Waals surface area contributed by atoms with E-state index in [9.17, 15) is 4.79 Å². The van der Waals surface area contributed by atoms with Crippen molar-refractivity contribution in [3.63, 3.8) is 0 Å². The maximum absolute atomic E-state index is 10.6. The van der Waals surface area contributed by atoms with Gasteiger partial charge in [-0.15, -0.1) is 0 Å². The van der Waals surface area contributed by atoms with Crippen molar-refractivity contribution < 1.29 is 9.53 Å². The highest BCUT2D eigenvalue weighted by Gasteiger charge is 2.08. The van der Waals surface area contributed by atoms with E-state index < -0.39 is 0 Å². The number of hydrogen-bond acceptors (Lipinski definition) is 4. The first-order valence-electron chi connectivity index (χ1n) is 4.75. The molecule has 0 aliphatic rings. The third kappa shape index (κ3) is 1.79. The van der Waals surface area contributed by atoms with Crippen LogP contribution in [0.3, 0.4) is 0 Å². The lowest BCUT2D eigenvalue weighted by Crippen LogP contribution is -2.00. The van der Waals surface area contributed by atoms with Gasteiger partial charge in [-0.3, -0.25) is 9.36 Å². The number of carbonyl (C=O) groups excluding carboxylic acids is 1. The van der Waals surface area contributed by atoms with E-state index in [0.717, 1.165) is 12.0 Å². The molecule has 0 amide bonds. The molecule has 0 bridgehead atoms. The number of aromatic nitrogens is 3. The summed E-state index contributed by atoms with van der Waals surface area (Å²) in [6.45, 7) is 1.89. The summed E-state index contributed by atoms with van der Waals surface area (Å²) in [6.07, 6.45) is 5.73. The average Bonchev–Trinajstić information content (AvgIpc) is 2.74. The molecule has 2 aromatic rings. The van der Waals surface area contributed by atoms with Gasteiger partial charge in [0.05, 0.1) is 12.8 Å². The van der Waals surface area contributed by atoms with Gasteiger partial charge in [0.2, 0.25) is 0 Å². The molecule has 0 radical (unpaired) electrons. The highest BCUT2D eigenvalue weighted by Crippen LogP contribution is 2.20. The molecule has 0 atom stereocenters. The van der Waals surface area contributed by atoms with Crippen LogP contribution in [0.15, 0.2) is 24.8 Å². The summed E-state index contributed by atoms with van der Waals surface area (Å²) in [4.78, 5) is 18.9. The largest absolute Gasteiger partial charge is 0.493 e. The van der Waals surface area contributed by atoms with Crippen LogP contribution in [0.2, 0.25) is 0 Å². The van der Waals surface area contributed by atoms with Gasteiger partial charge in [-0.2, -0.15) is 0 Å². The van der Waals surface area contributed by atoms with E-state index >= 15 is 0 Å². The molecule has 0 saturated heterocycles. The number of rotatable bonds is 3. The van der Waals surface area contributed by atoms with E-state index in [1.807, 2.05) is 13.1 Å². The van der Waals surface area contributed by atoms with Crippen LogP contribution >= 0.6 is 0 Å². The topological polar surface area (TPSA) is 57.0 Å². The number of methoxy groups -OCH3 is 1. The Morgan fingerprint density at radius 2 is 2.25 bits per heavy atom. The van der Waals surface area contributed by atoms with Gasteiger partial charge in [0, 0.05) is 18.0 Å². The Bertz CT molecular complexity index is 520. The number of nitrogens with zero attached hydrogens (tertiary/aromatic N) is 3. The molecule has 5 heteroatoms. The average molecular weight is 217 g/mol. The Morgan fingerprint density at radius 1 is 1.44 bits per heavy atom. The van der Waals surface area contributed by atoms with Gasteiger partial charge < -0.3 is 4.74 Å². The maximum Gasteiger partial charge on any atom is 0.180 e. The zero-order chi connectivity index (χ0) is 11.5. The molecular formula is C11H11N3O2. The summed E-state index contributed by atoms with van der Waals surface area (Å²) in [6, 6.07) is 1.64. The summed E-state index contributed by atoms with van der Waals surface area (Å²) >= 11 is 0. The minimum atomic E-state index is 0.484. The van der Waals surface area contributed by atoms with Crippen molar-refractivity contribution in [2.45, 2.75) is 6.92 Å². The van der Waals surface area contributed by atoms with Gasteiger partial charge in [-0.1, -0.05) is 0 Å². The lowest BCUT2D eigenvalue weighted by Gasteiger charge is -2.07. The zero-order valence-electron chi connectivity index (χ0n) is 9.04. The molecule has 0 aliphatic heterocycles. The monoisotopic (exact) mass is 217 g/mol. The van der Waals surface area contributed by atoms with Crippen molar-refractivity contribution in [2.24, 2.45) is 0 Å². The third-order valence-electron chi connectivity index (χ3n) is 2.17. The first-order chi connectivity index (χ1) is 7.74. The maximum atomic E-state index is 10.6. The van der Waals surface area contributed by atoms with Gasteiger partial charge >= 0.3 is 0 Å². The summed E-state index contributed by atoms with van der Waals surface area (Å²) in [7, 11) is 1.54. The second kappa shape index (κ2) is 4.14. The Kier molecular flexibility index (Phi) is 2.68. The van der Waals surface area contributed by atoms with Crippen LogP contribution in [-0.2, 0) is 0 Å². The highest BCUT2D eigenvalue weighted by molar-refractivity contribution is 5.75. The number of carbonyl (C=O) groups is 1. The number of hydrogen-bond donors (Lipinski definition) is 0. The van der Waals surface area contributed by atoms with Crippen LogP contribution in [-0.4, -0.2) is 27.9 Å². The minimum absolute atomic E-state index is 0.484. The number of pyridine rings is 1. The fraction of sp³-hybridized carbons (Fsp3) is 0.182. The van der Waals surface area contributed by atoms with Crippen molar-refractivity contribution in [1.29, 1.82) is 0 Å². The molecule has 82 valence electrons. The first kappa shape index (κ1) is 10.4. The standard InChI is InChI=1S/C11H11N3O2/c1-8-5-14(7-13-8)11-10(16-2)3-9(6-15)4-12-11/h3-7H,1-2H3. The van der Waals surface area contributed by atoms with E-state index in [4.69, 9.17) is 4.74 Å². The lowest BCUT2D eigenvalue weighted by molar-refractivity contribution is 0.112. The van der Waals surface area contributed by atoms with Crippen molar-refractivity contribution in [2.75, 3.05) is 7.11 Å². The zero-order valence-corrected chi connectivity index (χ0v) is 9.04. The summed E-state index contributed by atoms with van der Waals surface area (Å²) in [5.41, 5.74) is 1.38. The normalized spacial score (nSPS) is 10.1. The Balaban J connectivity index is 2.52. The minimum Gasteiger partial charge on any atom is -0.493 e. The van der Waals surface area contributed by atoms with Gasteiger partial charge in [-0.25, -0.2) is 9.97 Å². The quantitative estimate of drug-likeness (QED) is 0.729. The van der Waals surface area contributed by atoms with Crippen LogP contribution in [0, 0.1) is 6.92 Å². The molecule has 0 spiro atoms. The van der Waals surface area contributed by atoms with E-state index in [1.54, 1.807) is 24.1 Å². The third-order valence-corrected chi connectivity index (χ3v) is 2.17. The Morgan fingerprint density at radius 3 is 2.81 bits per heavy atom. The second-order valence-electron chi connectivity index (χ2n) is 3.33. The molecule has 5 nitrogen and oxygen atoms in total. The molecule has 0 saturated carbocycles. The van der Waals surface area contributed by atoms with Gasteiger partial charge in [-0.05, 0) is 13.0 Å². The van der Waals surface area contributed by atoms with Gasteiger partial charge in [0.15, 0.2) is 17.9 Å². The smallest absolute Gasteiger partial charge is 0.180 e. The summed E-state index contributed by atoms with van der Waals surface area (Å²) in [5, 5.41) is 0. The fourth-order valence-electron chi connectivity index (χ4n) is 1.40. The van der Waals surface area contributed by atoms with Crippen molar-refractivity contribution >= 4 is 6.29 Å².